The molecule has 0 unspecified atom stereocenters. The summed E-state index contributed by atoms with van der Waals surface area (Å²) >= 11 is 11.7. The van der Waals surface area contributed by atoms with Crippen LogP contribution in [0.2, 0.25) is 10.0 Å². The highest BCUT2D eigenvalue weighted by molar-refractivity contribution is 6.32. The standard InChI is InChI=1S/C14H12Cl2FNO/c15-11-5-4-10(8-13(11)17)19-14-9(6-7-18)2-1-3-12(14)16/h1-5,8H,6-7,18H2. The summed E-state index contributed by atoms with van der Waals surface area (Å²) in [6.07, 6.45) is 0.631. The molecule has 100 valence electrons. The van der Waals surface area contributed by atoms with Crippen molar-refractivity contribution < 1.29 is 9.13 Å². The molecule has 0 fully saturated rings. The lowest BCUT2D eigenvalue weighted by atomic mass is 10.1. The molecule has 2 aromatic carbocycles. The van der Waals surface area contributed by atoms with Crippen LogP contribution in [0.1, 0.15) is 5.56 Å². The first kappa shape index (κ1) is 14.1. The SMILES string of the molecule is NCCc1cccc(Cl)c1Oc1ccc(Cl)c(F)c1. The highest BCUT2D eigenvalue weighted by Gasteiger charge is 2.10. The lowest BCUT2D eigenvalue weighted by Crippen LogP contribution is -2.04. The van der Waals surface area contributed by atoms with Crippen LogP contribution in [0.5, 0.6) is 11.5 Å². The Bertz CT molecular complexity index is 590. The molecule has 0 bridgehead atoms. The van der Waals surface area contributed by atoms with Gasteiger partial charge in [0.2, 0.25) is 0 Å². The van der Waals surface area contributed by atoms with Crippen molar-refractivity contribution in [1.29, 1.82) is 0 Å². The highest BCUT2D eigenvalue weighted by Crippen LogP contribution is 2.34. The van der Waals surface area contributed by atoms with Gasteiger partial charge in [0.15, 0.2) is 0 Å². The van der Waals surface area contributed by atoms with E-state index in [-0.39, 0.29) is 5.02 Å². The summed E-state index contributed by atoms with van der Waals surface area (Å²) in [5.41, 5.74) is 6.42. The summed E-state index contributed by atoms with van der Waals surface area (Å²) in [4.78, 5) is 0. The molecule has 0 spiro atoms. The van der Waals surface area contributed by atoms with Gasteiger partial charge >= 0.3 is 0 Å². The lowest BCUT2D eigenvalue weighted by molar-refractivity contribution is 0.471. The fourth-order valence-electron chi connectivity index (χ4n) is 1.68. The Hall–Kier alpha value is -1.29. The first-order chi connectivity index (χ1) is 9.11. The topological polar surface area (TPSA) is 35.2 Å². The molecule has 0 atom stereocenters. The maximum Gasteiger partial charge on any atom is 0.149 e. The van der Waals surface area contributed by atoms with Crippen LogP contribution in [0.15, 0.2) is 36.4 Å². The summed E-state index contributed by atoms with van der Waals surface area (Å²) in [5.74, 6) is 0.302. The number of ether oxygens (including phenoxy) is 1. The van der Waals surface area contributed by atoms with E-state index < -0.39 is 5.82 Å². The van der Waals surface area contributed by atoms with E-state index in [9.17, 15) is 4.39 Å². The molecule has 0 heterocycles. The number of halogens is 3. The van der Waals surface area contributed by atoms with Gasteiger partial charge in [-0.25, -0.2) is 4.39 Å². The Kier molecular flexibility index (Phi) is 4.64. The molecule has 2 N–H and O–H groups in total. The van der Waals surface area contributed by atoms with E-state index in [0.717, 1.165) is 5.56 Å². The molecular weight excluding hydrogens is 288 g/mol. The Morgan fingerprint density at radius 2 is 1.89 bits per heavy atom. The molecule has 0 aromatic heterocycles. The first-order valence-electron chi connectivity index (χ1n) is 5.72. The quantitative estimate of drug-likeness (QED) is 0.906. The zero-order valence-corrected chi connectivity index (χ0v) is 11.5. The predicted molar refractivity (Wildman–Crippen MR) is 75.7 cm³/mol. The lowest BCUT2D eigenvalue weighted by Gasteiger charge is -2.12. The molecule has 19 heavy (non-hydrogen) atoms. The Balaban J connectivity index is 2.34. The van der Waals surface area contributed by atoms with Gasteiger partial charge in [0.05, 0.1) is 10.0 Å². The highest BCUT2D eigenvalue weighted by atomic mass is 35.5. The molecular formula is C14H12Cl2FNO. The molecule has 5 heteroatoms. The van der Waals surface area contributed by atoms with Crippen molar-refractivity contribution in [2.75, 3.05) is 6.54 Å². The van der Waals surface area contributed by atoms with Crippen molar-refractivity contribution in [3.8, 4) is 11.5 Å². The number of benzene rings is 2. The summed E-state index contributed by atoms with van der Waals surface area (Å²) in [7, 11) is 0. The first-order valence-corrected chi connectivity index (χ1v) is 6.47. The van der Waals surface area contributed by atoms with Crippen LogP contribution in [-0.2, 0) is 6.42 Å². The van der Waals surface area contributed by atoms with E-state index in [0.29, 0.717) is 29.5 Å². The minimum Gasteiger partial charge on any atom is -0.455 e. The maximum atomic E-state index is 13.4. The van der Waals surface area contributed by atoms with Gasteiger partial charge in [-0.2, -0.15) is 0 Å². The van der Waals surface area contributed by atoms with E-state index in [1.165, 1.54) is 12.1 Å². The van der Waals surface area contributed by atoms with E-state index in [4.69, 9.17) is 33.7 Å². The second-order valence-corrected chi connectivity index (χ2v) is 4.76. The van der Waals surface area contributed by atoms with Gasteiger partial charge in [0, 0.05) is 6.07 Å². The third-order valence-corrected chi connectivity index (χ3v) is 3.18. The molecule has 2 rings (SSSR count). The fraction of sp³-hybridized carbons (Fsp3) is 0.143. The van der Waals surface area contributed by atoms with E-state index in [2.05, 4.69) is 0 Å². The zero-order valence-electron chi connectivity index (χ0n) is 10.00. The largest absolute Gasteiger partial charge is 0.455 e. The Labute approximate surface area is 120 Å². The minimum atomic E-state index is -0.536. The van der Waals surface area contributed by atoms with Crippen LogP contribution < -0.4 is 10.5 Å². The number of rotatable bonds is 4. The van der Waals surface area contributed by atoms with Crippen molar-refractivity contribution >= 4 is 23.2 Å². The molecule has 0 aliphatic carbocycles. The number of para-hydroxylation sites is 1. The molecule has 0 aliphatic rings. The van der Waals surface area contributed by atoms with Crippen LogP contribution in [0.4, 0.5) is 4.39 Å². The molecule has 2 nitrogen and oxygen atoms in total. The van der Waals surface area contributed by atoms with Crippen LogP contribution in [-0.4, -0.2) is 6.54 Å². The van der Waals surface area contributed by atoms with Crippen LogP contribution in [0.25, 0.3) is 0 Å². The van der Waals surface area contributed by atoms with Crippen molar-refractivity contribution in [2.24, 2.45) is 5.73 Å². The second kappa shape index (κ2) is 6.24. The molecule has 0 amide bonds. The zero-order chi connectivity index (χ0) is 13.8. The number of hydrogen-bond donors (Lipinski definition) is 1. The predicted octanol–water partition coefficient (Wildman–Crippen LogP) is 4.43. The van der Waals surface area contributed by atoms with Crippen LogP contribution in [0, 0.1) is 5.82 Å². The molecule has 0 radical (unpaired) electrons. The third kappa shape index (κ3) is 3.38. The van der Waals surface area contributed by atoms with Crippen molar-refractivity contribution in [1.82, 2.24) is 0 Å². The molecule has 0 saturated carbocycles. The normalized spacial score (nSPS) is 10.5. The Morgan fingerprint density at radius 3 is 2.58 bits per heavy atom. The van der Waals surface area contributed by atoms with Gasteiger partial charge in [-0.3, -0.25) is 0 Å². The summed E-state index contributed by atoms with van der Waals surface area (Å²) in [5, 5.41) is 0.509. The van der Waals surface area contributed by atoms with Gasteiger partial charge in [-0.15, -0.1) is 0 Å². The third-order valence-electron chi connectivity index (χ3n) is 2.57. The summed E-state index contributed by atoms with van der Waals surface area (Å²) in [6, 6.07) is 9.65. The van der Waals surface area contributed by atoms with Gasteiger partial charge in [-0.05, 0) is 36.7 Å². The fourth-order valence-corrected chi connectivity index (χ4v) is 2.03. The smallest absolute Gasteiger partial charge is 0.149 e. The van der Waals surface area contributed by atoms with E-state index in [1.807, 2.05) is 12.1 Å². The van der Waals surface area contributed by atoms with Crippen molar-refractivity contribution in [3.05, 3.63) is 57.8 Å². The van der Waals surface area contributed by atoms with Crippen LogP contribution in [0.3, 0.4) is 0 Å². The average molecular weight is 300 g/mol. The molecule has 0 saturated heterocycles. The van der Waals surface area contributed by atoms with Gasteiger partial charge in [-0.1, -0.05) is 35.3 Å². The second-order valence-electron chi connectivity index (χ2n) is 3.94. The molecule has 0 aliphatic heterocycles. The average Bonchev–Trinajstić information content (AvgIpc) is 2.38. The van der Waals surface area contributed by atoms with Crippen LogP contribution >= 0.6 is 23.2 Å². The van der Waals surface area contributed by atoms with Gasteiger partial charge < -0.3 is 10.5 Å². The van der Waals surface area contributed by atoms with Gasteiger partial charge in [0.25, 0.3) is 0 Å². The number of nitrogens with two attached hydrogens (primary N) is 1. The Morgan fingerprint density at radius 1 is 1.11 bits per heavy atom. The maximum absolute atomic E-state index is 13.4. The monoisotopic (exact) mass is 299 g/mol. The van der Waals surface area contributed by atoms with E-state index >= 15 is 0 Å². The van der Waals surface area contributed by atoms with Crippen molar-refractivity contribution in [3.63, 3.8) is 0 Å². The van der Waals surface area contributed by atoms with Crippen molar-refractivity contribution in [2.45, 2.75) is 6.42 Å². The summed E-state index contributed by atoms with van der Waals surface area (Å²) < 4.78 is 19.0. The van der Waals surface area contributed by atoms with E-state index in [1.54, 1.807) is 12.1 Å². The summed E-state index contributed by atoms with van der Waals surface area (Å²) in [6.45, 7) is 0.478. The van der Waals surface area contributed by atoms with Gasteiger partial charge in [0.1, 0.15) is 17.3 Å². The minimum absolute atomic E-state index is 0.0497. The number of hydrogen-bond acceptors (Lipinski definition) is 2. The molecule has 2 aromatic rings.